The third-order valence-electron chi connectivity index (χ3n) is 3.24. The molecule has 0 bridgehead atoms. The van der Waals surface area contributed by atoms with E-state index in [4.69, 9.17) is 4.74 Å². The number of nitrogens with one attached hydrogen (secondary N) is 1. The molecule has 0 aromatic heterocycles. The second-order valence-corrected chi connectivity index (χ2v) is 6.57. The summed E-state index contributed by atoms with van der Waals surface area (Å²) in [7, 11) is 0.909. The van der Waals surface area contributed by atoms with Gasteiger partial charge in [-0.3, -0.25) is 13.4 Å². The van der Waals surface area contributed by atoms with Gasteiger partial charge in [-0.2, -0.15) is 8.42 Å². The predicted octanol–water partition coefficient (Wildman–Crippen LogP) is 0.711. The molecule has 1 aromatic carbocycles. The lowest BCUT2D eigenvalue weighted by molar-refractivity contribution is -0.119. The number of amides is 1. The fourth-order valence-electron chi connectivity index (χ4n) is 2.07. The predicted molar refractivity (Wildman–Crippen MR) is 77.4 cm³/mol. The highest BCUT2D eigenvalue weighted by Crippen LogP contribution is 2.41. The van der Waals surface area contributed by atoms with Gasteiger partial charge in [0, 0.05) is 26.9 Å². The molecule has 0 fully saturated rings. The van der Waals surface area contributed by atoms with E-state index in [0.29, 0.717) is 17.1 Å². The summed E-state index contributed by atoms with van der Waals surface area (Å²) in [6.45, 7) is 1.76. The summed E-state index contributed by atoms with van der Waals surface area (Å²) >= 11 is 0. The van der Waals surface area contributed by atoms with Gasteiger partial charge < -0.3 is 10.1 Å². The highest BCUT2D eigenvalue weighted by molar-refractivity contribution is 7.94. The number of hydrogen-bond acceptors (Lipinski definition) is 4. The van der Waals surface area contributed by atoms with Crippen LogP contribution in [0.4, 0.5) is 17.1 Å². The van der Waals surface area contributed by atoms with Crippen LogP contribution >= 0.6 is 0 Å². The summed E-state index contributed by atoms with van der Waals surface area (Å²) in [4.78, 5) is 11.6. The zero-order valence-electron chi connectivity index (χ0n) is 11.8. The van der Waals surface area contributed by atoms with Crippen molar-refractivity contribution in [1.82, 2.24) is 0 Å². The van der Waals surface area contributed by atoms with Crippen molar-refractivity contribution in [3.05, 3.63) is 17.7 Å². The number of aryl methyl sites for hydroxylation is 1. The van der Waals surface area contributed by atoms with Crippen LogP contribution in [0.3, 0.4) is 0 Å². The summed E-state index contributed by atoms with van der Waals surface area (Å²) in [5.74, 6) is -0.285. The minimum Gasteiger partial charge on any atom is -0.375 e. The number of rotatable bonds is 3. The van der Waals surface area contributed by atoms with E-state index in [0.717, 1.165) is 5.56 Å². The summed E-state index contributed by atoms with van der Waals surface area (Å²) in [6, 6.07) is 3.39. The van der Waals surface area contributed by atoms with Gasteiger partial charge in [0.15, 0.2) is 0 Å². The lowest BCUT2D eigenvalue weighted by Gasteiger charge is -2.13. The van der Waals surface area contributed by atoms with Gasteiger partial charge in [0.1, 0.15) is 6.61 Å². The smallest absolute Gasteiger partial charge is 0.326 e. The Kier molecular flexibility index (Phi) is 3.61. The first-order chi connectivity index (χ1) is 9.28. The quantitative estimate of drug-likeness (QED) is 0.891. The van der Waals surface area contributed by atoms with Crippen LogP contribution in [0.5, 0.6) is 0 Å². The highest BCUT2D eigenvalue weighted by atomic mass is 32.2. The van der Waals surface area contributed by atoms with Crippen molar-refractivity contribution in [2.45, 2.75) is 6.92 Å². The molecule has 110 valence electrons. The number of fused-ring (bicyclic) bond motifs is 1. The minimum absolute atomic E-state index is 0.0510. The molecule has 0 atom stereocenters. The lowest BCUT2D eigenvalue weighted by Crippen LogP contribution is -2.32. The fourth-order valence-corrected chi connectivity index (χ4v) is 3.23. The van der Waals surface area contributed by atoms with Gasteiger partial charge in [0.05, 0.1) is 11.4 Å². The molecule has 20 heavy (non-hydrogen) atoms. The van der Waals surface area contributed by atoms with E-state index in [1.807, 2.05) is 6.92 Å². The zero-order valence-corrected chi connectivity index (χ0v) is 12.6. The molecule has 1 amide bonds. The van der Waals surface area contributed by atoms with Crippen LogP contribution in [-0.2, 0) is 19.7 Å². The van der Waals surface area contributed by atoms with Crippen LogP contribution in [0, 0.1) is 6.92 Å². The maximum absolute atomic E-state index is 12.0. The molecule has 0 spiro atoms. The van der Waals surface area contributed by atoms with E-state index in [1.165, 1.54) is 29.8 Å². The second kappa shape index (κ2) is 4.95. The molecule has 0 saturated carbocycles. The SMILES string of the molecule is COCC(=O)Nc1cc2c(cc1C)N(C)S(=O)(=O)N2C. The van der Waals surface area contributed by atoms with Crippen molar-refractivity contribution in [3.8, 4) is 0 Å². The molecule has 1 aliphatic rings. The van der Waals surface area contributed by atoms with Gasteiger partial charge in [-0.05, 0) is 24.6 Å². The Hall–Kier alpha value is -1.80. The van der Waals surface area contributed by atoms with Gasteiger partial charge in [0.25, 0.3) is 0 Å². The molecule has 1 heterocycles. The monoisotopic (exact) mass is 299 g/mol. The lowest BCUT2D eigenvalue weighted by atomic mass is 10.1. The molecule has 0 aliphatic carbocycles. The normalized spacial score (nSPS) is 16.2. The van der Waals surface area contributed by atoms with E-state index in [-0.39, 0.29) is 12.5 Å². The van der Waals surface area contributed by atoms with Crippen molar-refractivity contribution in [1.29, 1.82) is 0 Å². The summed E-state index contributed by atoms with van der Waals surface area (Å²) in [5.41, 5.74) is 2.48. The summed E-state index contributed by atoms with van der Waals surface area (Å²) < 4.78 is 31.2. The standard InChI is InChI=1S/C12H17N3O4S/c1-8-5-10-11(15(3)20(17,18)14(10)2)6-9(8)13-12(16)7-19-4/h5-6H,7H2,1-4H3,(H,13,16). The molecule has 1 aromatic rings. The number of hydrogen-bond donors (Lipinski definition) is 1. The summed E-state index contributed by atoms with van der Waals surface area (Å²) in [5, 5.41) is 2.70. The molecule has 7 nitrogen and oxygen atoms in total. The van der Waals surface area contributed by atoms with Crippen molar-refractivity contribution in [2.75, 3.05) is 41.7 Å². The van der Waals surface area contributed by atoms with Gasteiger partial charge in [-0.15, -0.1) is 0 Å². The highest BCUT2D eigenvalue weighted by Gasteiger charge is 2.35. The average Bonchev–Trinajstić information content (AvgIpc) is 2.53. The molecule has 2 rings (SSSR count). The number of ether oxygens (including phenoxy) is 1. The third-order valence-corrected chi connectivity index (χ3v) is 5.02. The average molecular weight is 299 g/mol. The maximum Gasteiger partial charge on any atom is 0.326 e. The van der Waals surface area contributed by atoms with E-state index in [1.54, 1.807) is 12.1 Å². The number of methoxy groups -OCH3 is 1. The van der Waals surface area contributed by atoms with E-state index < -0.39 is 10.2 Å². The minimum atomic E-state index is -3.51. The Morgan fingerprint density at radius 1 is 1.25 bits per heavy atom. The van der Waals surface area contributed by atoms with Crippen molar-refractivity contribution >= 4 is 33.2 Å². The molecule has 0 saturated heterocycles. The molecular weight excluding hydrogens is 282 g/mol. The van der Waals surface area contributed by atoms with E-state index >= 15 is 0 Å². The fraction of sp³-hybridized carbons (Fsp3) is 0.417. The van der Waals surface area contributed by atoms with Gasteiger partial charge >= 0.3 is 10.2 Å². The van der Waals surface area contributed by atoms with E-state index in [9.17, 15) is 13.2 Å². The van der Waals surface area contributed by atoms with Gasteiger partial charge in [0.2, 0.25) is 5.91 Å². The second-order valence-electron chi connectivity index (χ2n) is 4.58. The molecular formula is C12H17N3O4S. The van der Waals surface area contributed by atoms with Gasteiger partial charge in [-0.25, -0.2) is 0 Å². The molecule has 0 unspecified atom stereocenters. The third kappa shape index (κ3) is 2.20. The number of benzene rings is 1. The van der Waals surface area contributed by atoms with Gasteiger partial charge in [-0.1, -0.05) is 0 Å². The van der Waals surface area contributed by atoms with E-state index in [2.05, 4.69) is 5.32 Å². The van der Waals surface area contributed by atoms with Crippen molar-refractivity contribution in [2.24, 2.45) is 0 Å². The number of anilines is 3. The molecule has 1 N–H and O–H groups in total. The Labute approximate surface area is 118 Å². The first-order valence-corrected chi connectivity index (χ1v) is 7.35. The Balaban J connectivity index is 2.43. The Morgan fingerprint density at radius 2 is 1.80 bits per heavy atom. The first-order valence-electron chi connectivity index (χ1n) is 5.95. The Bertz CT molecular complexity index is 657. The molecule has 0 radical (unpaired) electrons. The first kappa shape index (κ1) is 14.6. The van der Waals surface area contributed by atoms with Crippen LogP contribution in [0.25, 0.3) is 0 Å². The van der Waals surface area contributed by atoms with Crippen LogP contribution in [0.15, 0.2) is 12.1 Å². The van der Waals surface area contributed by atoms with Crippen LogP contribution in [0.2, 0.25) is 0 Å². The maximum atomic E-state index is 12.0. The largest absolute Gasteiger partial charge is 0.375 e. The number of nitrogens with zero attached hydrogens (tertiary/aromatic N) is 2. The zero-order chi connectivity index (χ0) is 15.1. The summed E-state index contributed by atoms with van der Waals surface area (Å²) in [6.07, 6.45) is 0. The molecule has 8 heteroatoms. The Morgan fingerprint density at radius 3 is 2.35 bits per heavy atom. The van der Waals surface area contributed by atoms with Crippen LogP contribution < -0.4 is 13.9 Å². The van der Waals surface area contributed by atoms with Crippen molar-refractivity contribution in [3.63, 3.8) is 0 Å². The molecule has 1 aliphatic heterocycles. The van der Waals surface area contributed by atoms with Crippen molar-refractivity contribution < 1.29 is 17.9 Å². The number of carbonyl (C=O) groups excluding carboxylic acids is 1. The van der Waals surface area contributed by atoms with Crippen LogP contribution in [0.1, 0.15) is 5.56 Å². The van der Waals surface area contributed by atoms with Crippen LogP contribution in [-0.4, -0.2) is 42.1 Å². The topological polar surface area (TPSA) is 79.0 Å². The number of carbonyl (C=O) groups is 1.